The third kappa shape index (κ3) is 4.10. The lowest BCUT2D eigenvalue weighted by molar-refractivity contribution is -0.148. The lowest BCUT2D eigenvalue weighted by atomic mass is 10.1. The van der Waals surface area contributed by atoms with E-state index in [1.165, 1.54) is 4.90 Å². The third-order valence-corrected chi connectivity index (χ3v) is 3.49. The summed E-state index contributed by atoms with van der Waals surface area (Å²) < 4.78 is 37.0. The molecule has 0 aliphatic carbocycles. The number of carbonyl (C=O) groups excluding carboxylic acids is 1. The number of benzene rings is 1. The number of rotatable bonds is 3. The molecule has 4 nitrogen and oxygen atoms in total. The molecule has 0 aromatic heterocycles. The molecule has 7 heteroatoms. The molecule has 1 fully saturated rings. The summed E-state index contributed by atoms with van der Waals surface area (Å²) in [5.41, 5.74) is 1.27. The predicted molar refractivity (Wildman–Crippen MR) is 74.4 cm³/mol. The maximum Gasteiger partial charge on any atom is 0.401 e. The topological polar surface area (TPSA) is 35.6 Å². The lowest BCUT2D eigenvalue weighted by Crippen LogP contribution is -2.51. The van der Waals surface area contributed by atoms with Crippen LogP contribution in [0.4, 0.5) is 18.9 Å². The van der Waals surface area contributed by atoms with E-state index < -0.39 is 12.7 Å². The Morgan fingerprint density at radius 3 is 2.38 bits per heavy atom. The highest BCUT2D eigenvalue weighted by Crippen LogP contribution is 2.20. The molecular formula is C14H18F3N3O. The number of nitrogens with one attached hydrogen (secondary N) is 1. The minimum absolute atomic E-state index is 0.147. The molecule has 0 bridgehead atoms. The Hall–Kier alpha value is -1.76. The fourth-order valence-corrected chi connectivity index (χ4v) is 2.42. The number of para-hydroxylation sites is 1. The fraction of sp³-hybridized carbons (Fsp3) is 0.500. The summed E-state index contributed by atoms with van der Waals surface area (Å²) in [6, 6.07) is 7.11. The quantitative estimate of drug-likeness (QED) is 0.928. The van der Waals surface area contributed by atoms with Crippen molar-refractivity contribution in [2.75, 3.05) is 45.1 Å². The second kappa shape index (κ2) is 6.34. The predicted octanol–water partition coefficient (Wildman–Crippen LogP) is 2.05. The first-order valence-corrected chi connectivity index (χ1v) is 6.76. The van der Waals surface area contributed by atoms with Crippen molar-refractivity contribution in [3.8, 4) is 0 Å². The first kappa shape index (κ1) is 15.6. The molecule has 2 rings (SSSR count). The molecule has 1 N–H and O–H groups in total. The Kier molecular flexibility index (Phi) is 4.72. The van der Waals surface area contributed by atoms with Gasteiger partial charge in [-0.1, -0.05) is 12.1 Å². The molecule has 1 aliphatic rings. The van der Waals surface area contributed by atoms with Crippen LogP contribution >= 0.6 is 0 Å². The van der Waals surface area contributed by atoms with E-state index in [4.69, 9.17) is 0 Å². The number of carbonyl (C=O) groups is 1. The van der Waals surface area contributed by atoms with Gasteiger partial charge < -0.3 is 10.2 Å². The van der Waals surface area contributed by atoms with E-state index in [1.54, 1.807) is 30.1 Å². The molecular weight excluding hydrogens is 283 g/mol. The number of hydrogen-bond donors (Lipinski definition) is 1. The summed E-state index contributed by atoms with van der Waals surface area (Å²) in [4.78, 5) is 15.3. The standard InChI is InChI=1S/C14H18F3N3O/c1-18-12-5-3-2-4-11(12)13(21)20-8-6-19(7-9-20)10-14(15,16)17/h2-5,18H,6-10H2,1H3. The highest BCUT2D eigenvalue weighted by atomic mass is 19.4. The highest BCUT2D eigenvalue weighted by molar-refractivity contribution is 5.99. The van der Waals surface area contributed by atoms with E-state index >= 15 is 0 Å². The van der Waals surface area contributed by atoms with Crippen LogP contribution in [0.1, 0.15) is 10.4 Å². The Morgan fingerprint density at radius 1 is 1.19 bits per heavy atom. The molecule has 0 radical (unpaired) electrons. The number of halogens is 3. The van der Waals surface area contributed by atoms with Crippen molar-refractivity contribution >= 4 is 11.6 Å². The van der Waals surface area contributed by atoms with Gasteiger partial charge >= 0.3 is 6.18 Å². The van der Waals surface area contributed by atoms with Gasteiger partial charge in [0.25, 0.3) is 5.91 Å². The van der Waals surface area contributed by atoms with Gasteiger partial charge in [-0.2, -0.15) is 13.2 Å². The maximum absolute atomic E-state index is 12.4. The molecule has 1 aromatic carbocycles. The molecule has 21 heavy (non-hydrogen) atoms. The first-order chi connectivity index (χ1) is 9.90. The number of piperazine rings is 1. The van der Waals surface area contributed by atoms with Crippen molar-refractivity contribution < 1.29 is 18.0 Å². The second-order valence-corrected chi connectivity index (χ2v) is 4.98. The van der Waals surface area contributed by atoms with Gasteiger partial charge in [-0.25, -0.2) is 0 Å². The van der Waals surface area contributed by atoms with Crippen molar-refractivity contribution in [3.05, 3.63) is 29.8 Å². The van der Waals surface area contributed by atoms with Crippen LogP contribution in [-0.4, -0.2) is 61.7 Å². The van der Waals surface area contributed by atoms with Crippen LogP contribution in [0.3, 0.4) is 0 Å². The maximum atomic E-state index is 12.4. The van der Waals surface area contributed by atoms with Crippen LogP contribution in [-0.2, 0) is 0 Å². The number of nitrogens with zero attached hydrogens (tertiary/aromatic N) is 2. The average Bonchev–Trinajstić information content (AvgIpc) is 2.45. The lowest BCUT2D eigenvalue weighted by Gasteiger charge is -2.35. The molecule has 1 saturated heterocycles. The van der Waals surface area contributed by atoms with E-state index in [-0.39, 0.29) is 19.0 Å². The molecule has 1 heterocycles. The molecule has 116 valence electrons. The van der Waals surface area contributed by atoms with Gasteiger partial charge in [-0.05, 0) is 12.1 Å². The molecule has 0 unspecified atom stereocenters. The van der Waals surface area contributed by atoms with Crippen LogP contribution in [0.15, 0.2) is 24.3 Å². The van der Waals surface area contributed by atoms with E-state index in [0.717, 1.165) is 5.69 Å². The summed E-state index contributed by atoms with van der Waals surface area (Å²) in [6.45, 7) is 0.196. The summed E-state index contributed by atoms with van der Waals surface area (Å²) in [7, 11) is 1.73. The van der Waals surface area contributed by atoms with Gasteiger partial charge in [0.15, 0.2) is 0 Å². The minimum atomic E-state index is -4.19. The number of hydrogen-bond acceptors (Lipinski definition) is 3. The molecule has 1 aliphatic heterocycles. The summed E-state index contributed by atoms with van der Waals surface area (Å²) in [6.07, 6.45) is -4.19. The summed E-state index contributed by atoms with van der Waals surface area (Å²) in [5, 5.41) is 2.95. The first-order valence-electron chi connectivity index (χ1n) is 6.76. The van der Waals surface area contributed by atoms with E-state index in [2.05, 4.69) is 5.32 Å². The summed E-state index contributed by atoms with van der Waals surface area (Å²) >= 11 is 0. The van der Waals surface area contributed by atoms with Gasteiger partial charge in [0.2, 0.25) is 0 Å². The van der Waals surface area contributed by atoms with E-state index in [1.807, 2.05) is 6.07 Å². The van der Waals surface area contributed by atoms with Gasteiger partial charge in [0, 0.05) is 38.9 Å². The van der Waals surface area contributed by atoms with Crippen LogP contribution in [0.25, 0.3) is 0 Å². The Labute approximate surface area is 121 Å². The molecule has 0 spiro atoms. The number of amides is 1. The van der Waals surface area contributed by atoms with Crippen LogP contribution in [0, 0.1) is 0 Å². The van der Waals surface area contributed by atoms with Crippen molar-refractivity contribution in [3.63, 3.8) is 0 Å². The zero-order valence-corrected chi connectivity index (χ0v) is 11.8. The van der Waals surface area contributed by atoms with Crippen LogP contribution in [0.5, 0.6) is 0 Å². The highest BCUT2D eigenvalue weighted by Gasteiger charge is 2.33. The van der Waals surface area contributed by atoms with Crippen molar-refractivity contribution in [2.24, 2.45) is 0 Å². The zero-order valence-electron chi connectivity index (χ0n) is 11.8. The van der Waals surface area contributed by atoms with E-state index in [9.17, 15) is 18.0 Å². The summed E-state index contributed by atoms with van der Waals surface area (Å²) in [5.74, 6) is -0.147. The Morgan fingerprint density at radius 2 is 1.81 bits per heavy atom. The SMILES string of the molecule is CNc1ccccc1C(=O)N1CCN(CC(F)(F)F)CC1. The Balaban J connectivity index is 1.97. The largest absolute Gasteiger partial charge is 0.401 e. The van der Waals surface area contributed by atoms with Crippen molar-refractivity contribution in [2.45, 2.75) is 6.18 Å². The van der Waals surface area contributed by atoms with Gasteiger partial charge in [-0.3, -0.25) is 9.69 Å². The minimum Gasteiger partial charge on any atom is -0.387 e. The van der Waals surface area contributed by atoms with Crippen molar-refractivity contribution in [1.82, 2.24) is 9.80 Å². The average molecular weight is 301 g/mol. The smallest absolute Gasteiger partial charge is 0.387 e. The normalized spacial score (nSPS) is 16.9. The monoisotopic (exact) mass is 301 g/mol. The van der Waals surface area contributed by atoms with Crippen LogP contribution < -0.4 is 5.32 Å². The van der Waals surface area contributed by atoms with Crippen LogP contribution in [0.2, 0.25) is 0 Å². The van der Waals surface area contributed by atoms with Gasteiger partial charge in [0.1, 0.15) is 0 Å². The van der Waals surface area contributed by atoms with Gasteiger partial charge in [0.05, 0.1) is 12.1 Å². The van der Waals surface area contributed by atoms with Gasteiger partial charge in [-0.15, -0.1) is 0 Å². The molecule has 1 aromatic rings. The number of alkyl halides is 3. The third-order valence-electron chi connectivity index (χ3n) is 3.49. The molecule has 0 atom stereocenters. The number of anilines is 1. The zero-order chi connectivity index (χ0) is 15.5. The second-order valence-electron chi connectivity index (χ2n) is 4.98. The fourth-order valence-electron chi connectivity index (χ4n) is 2.42. The van der Waals surface area contributed by atoms with E-state index in [0.29, 0.717) is 18.7 Å². The molecule has 1 amide bonds. The molecule has 0 saturated carbocycles. The van der Waals surface area contributed by atoms with Crippen molar-refractivity contribution in [1.29, 1.82) is 0 Å². The Bertz CT molecular complexity index is 496.